The molecule has 12 rings (SSSR count). The molecule has 0 fully saturated rings. The van der Waals surface area contributed by atoms with Crippen molar-refractivity contribution in [2.75, 3.05) is 27.1 Å². The van der Waals surface area contributed by atoms with Gasteiger partial charge in [-0.1, -0.05) is 102 Å². The first-order valence-electron chi connectivity index (χ1n) is 29.9. The van der Waals surface area contributed by atoms with Crippen molar-refractivity contribution in [1.82, 2.24) is 29.8 Å². The fourth-order valence-electron chi connectivity index (χ4n) is 7.05. The van der Waals surface area contributed by atoms with Crippen molar-refractivity contribution in [3.8, 4) is 5.75 Å². The molecule has 4 aromatic heterocycles. The summed E-state index contributed by atoms with van der Waals surface area (Å²) in [6, 6.07) is 51.9. The van der Waals surface area contributed by atoms with Crippen LogP contribution in [0, 0.1) is 116 Å². The van der Waals surface area contributed by atoms with E-state index >= 15 is 0 Å². The van der Waals surface area contributed by atoms with Crippen LogP contribution in [-0.4, -0.2) is 56.9 Å². The zero-order valence-corrected chi connectivity index (χ0v) is 57.4. The molecule has 1 aliphatic heterocycles. The quantitative estimate of drug-likeness (QED) is 0.119. The van der Waals surface area contributed by atoms with Crippen LogP contribution < -0.4 is 10.0 Å². The van der Waals surface area contributed by atoms with E-state index in [1.165, 1.54) is 60.0 Å². The third-order valence-corrected chi connectivity index (χ3v) is 14.0. The molecule has 97 heavy (non-hydrogen) atoms. The highest BCUT2D eigenvalue weighted by Gasteiger charge is 2.30. The maximum absolute atomic E-state index is 12.4. The standard InChI is InChI=1S/C11H16NO2P.C8H7F3.C7H5F3.2C7H6F2.C7H7F.C7H8.3C6H7N.C5H6N2/c1-12-7-9-6-10(15(2,3)13)4-5-11(9)14-8-12;1-6-3-2-4-7(5-6)8(9,10)11;1-4-6(9)2-5(8)3-7(4)10;1-5-2-3-6(8)4-7(5)9;1-5-2-3-6(8)7(9)4-5;1-6-2-4-7(8)5-3-6;1-7-5-3-2-4-6-7;1-6-2-4-7-5-3-6;1-6-3-2-4-7-5-6;1-6-4-2-3-5-7-6;1-5-6-3-2-4-7-5/h4-6H,7-8H2,1-3H3;2-5H,1H3;2-3H,1H3;2*2-4H,1H3;2-5H,1H3;2-6H,1H3;3*2-5H,1H3;2-4H,1H3. The van der Waals surface area contributed by atoms with Crippen LogP contribution in [0.25, 0.3) is 0 Å². The molecule has 7 aromatic carbocycles. The van der Waals surface area contributed by atoms with Gasteiger partial charge in [-0.3, -0.25) is 19.9 Å². The summed E-state index contributed by atoms with van der Waals surface area (Å²) in [5.41, 5.74) is 8.17. The van der Waals surface area contributed by atoms with Gasteiger partial charge in [0.05, 0.1) is 5.56 Å². The monoisotopic (exact) mass is 1360 g/mol. The first-order valence-corrected chi connectivity index (χ1v) is 32.5. The van der Waals surface area contributed by atoms with E-state index < -0.39 is 59.6 Å². The molecule has 514 valence electrons. The molecule has 20 heteroatoms. The number of benzene rings is 7. The lowest BCUT2D eigenvalue weighted by atomic mass is 10.1. The zero-order chi connectivity index (χ0) is 72.5. The van der Waals surface area contributed by atoms with E-state index in [4.69, 9.17) is 4.74 Å². The topological polar surface area (TPSA) is 94.0 Å². The Labute approximate surface area is 563 Å². The minimum absolute atomic E-state index is 0.151. The number of halogens is 11. The molecule has 0 aliphatic carbocycles. The van der Waals surface area contributed by atoms with Gasteiger partial charge >= 0.3 is 6.18 Å². The van der Waals surface area contributed by atoms with Gasteiger partial charge in [-0.25, -0.2) is 45.1 Å². The molecule has 11 aromatic rings. The summed E-state index contributed by atoms with van der Waals surface area (Å²) in [4.78, 5) is 21.5. The summed E-state index contributed by atoms with van der Waals surface area (Å²) < 4.78 is 151. The van der Waals surface area contributed by atoms with Gasteiger partial charge in [-0.15, -0.1) is 0 Å². The summed E-state index contributed by atoms with van der Waals surface area (Å²) in [6.45, 7) is 23.2. The average Bonchev–Trinajstić information content (AvgIpc) is 0.828. The van der Waals surface area contributed by atoms with Crippen LogP contribution >= 0.6 is 7.14 Å². The van der Waals surface area contributed by atoms with Crippen molar-refractivity contribution in [1.29, 1.82) is 0 Å². The molecule has 5 heterocycles. The Morgan fingerprint density at radius 3 is 1.36 bits per heavy atom. The van der Waals surface area contributed by atoms with E-state index in [1.807, 2.05) is 127 Å². The molecule has 0 saturated carbocycles. The Morgan fingerprint density at radius 2 is 0.959 bits per heavy atom. The molecular weight excluding hydrogens is 1280 g/mol. The fraction of sp³-hybridized carbons (Fsp3) is 0.208. The second-order valence-corrected chi connectivity index (χ2v) is 25.1. The van der Waals surface area contributed by atoms with Crippen LogP contribution in [-0.2, 0) is 17.3 Å². The van der Waals surface area contributed by atoms with Gasteiger partial charge in [0.15, 0.2) is 11.6 Å². The van der Waals surface area contributed by atoms with E-state index in [1.54, 1.807) is 95.5 Å². The Morgan fingerprint density at radius 1 is 0.423 bits per heavy atom. The molecule has 0 amide bonds. The number of fused-ring (bicyclic) bond motifs is 1. The van der Waals surface area contributed by atoms with Crippen LogP contribution in [0.3, 0.4) is 0 Å². The maximum atomic E-state index is 12.4. The van der Waals surface area contributed by atoms with E-state index in [2.05, 4.69) is 48.9 Å². The lowest BCUT2D eigenvalue weighted by molar-refractivity contribution is -0.137. The number of rotatable bonds is 1. The van der Waals surface area contributed by atoms with Gasteiger partial charge in [-0.05, 0) is 203 Å². The number of hydrogen-bond donors (Lipinski definition) is 0. The summed E-state index contributed by atoms with van der Waals surface area (Å²) in [5, 5.41) is 0.931. The van der Waals surface area contributed by atoms with Gasteiger partial charge in [0, 0.05) is 90.2 Å². The van der Waals surface area contributed by atoms with Crippen LogP contribution in [0.15, 0.2) is 238 Å². The molecule has 0 saturated heterocycles. The van der Waals surface area contributed by atoms with Crippen molar-refractivity contribution in [3.63, 3.8) is 0 Å². The largest absolute Gasteiger partial charge is 0.478 e. The van der Waals surface area contributed by atoms with E-state index in [0.717, 1.165) is 76.1 Å². The third-order valence-electron chi connectivity index (χ3n) is 12.5. The molecule has 0 radical (unpaired) electrons. The van der Waals surface area contributed by atoms with Crippen LogP contribution in [0.5, 0.6) is 5.75 Å². The second-order valence-electron chi connectivity index (χ2n) is 21.9. The first kappa shape index (κ1) is 83.4. The molecule has 0 unspecified atom stereocenters. The zero-order valence-electron chi connectivity index (χ0n) is 56.5. The smallest absolute Gasteiger partial charge is 0.416 e. The van der Waals surface area contributed by atoms with Gasteiger partial charge in [0.25, 0.3) is 0 Å². The van der Waals surface area contributed by atoms with Crippen LogP contribution in [0.4, 0.5) is 48.3 Å². The second kappa shape index (κ2) is 44.9. The number of ether oxygens (including phenoxy) is 1. The normalized spacial score (nSPS) is 10.7. The van der Waals surface area contributed by atoms with Crippen molar-refractivity contribution in [2.24, 2.45) is 0 Å². The van der Waals surface area contributed by atoms with Crippen LogP contribution in [0.1, 0.15) is 67.2 Å². The summed E-state index contributed by atoms with van der Waals surface area (Å²) in [6.07, 6.45) is 8.20. The molecule has 0 spiro atoms. The number of pyridine rings is 3. The molecule has 0 bridgehead atoms. The number of aryl methyl sites for hydroxylation is 9. The van der Waals surface area contributed by atoms with Gasteiger partial charge < -0.3 is 9.30 Å². The SMILES string of the molecule is CN1COc2ccc(P(C)(C)=O)cc2C1.Cc1c(F)cc(F)cc1F.Cc1ccc(F)c(F)c1.Cc1ccc(F)cc1.Cc1ccc(F)cc1F.Cc1cccc(C(F)(F)F)c1.Cc1ccccc1.Cc1ccccn1.Cc1cccnc1.Cc1ccncc1.Cc1ncccn1. The van der Waals surface area contributed by atoms with Crippen LogP contribution in [0.2, 0.25) is 0 Å². The van der Waals surface area contributed by atoms with Gasteiger partial charge in [0.2, 0.25) is 0 Å². The first-order chi connectivity index (χ1) is 45.7. The maximum Gasteiger partial charge on any atom is 0.416 e. The van der Waals surface area contributed by atoms with E-state index in [0.29, 0.717) is 30.0 Å². The Hall–Kier alpha value is -9.71. The van der Waals surface area contributed by atoms with E-state index in [9.17, 15) is 52.9 Å². The Balaban J connectivity index is 0.000000366. The number of hydrogen-bond acceptors (Lipinski definition) is 8. The third kappa shape index (κ3) is 38.4. The predicted molar refractivity (Wildman–Crippen MR) is 368 cm³/mol. The average molecular weight is 1360 g/mol. The molecule has 8 nitrogen and oxygen atoms in total. The number of nitrogens with zero attached hydrogens (tertiary/aromatic N) is 6. The van der Waals surface area contributed by atoms with E-state index in [-0.39, 0.29) is 11.4 Å². The highest BCUT2D eigenvalue weighted by atomic mass is 31.2. The highest BCUT2D eigenvalue weighted by molar-refractivity contribution is 7.70. The Bertz CT molecular complexity index is 3700. The highest BCUT2D eigenvalue weighted by Crippen LogP contribution is 2.37. The van der Waals surface area contributed by atoms with Gasteiger partial charge in [0.1, 0.15) is 60.3 Å². The van der Waals surface area contributed by atoms with Crippen molar-refractivity contribution < 1.29 is 57.6 Å². The predicted octanol–water partition coefficient (Wildman–Crippen LogP) is 20.8. The summed E-state index contributed by atoms with van der Waals surface area (Å²) in [5.74, 6) is -3.61. The minimum atomic E-state index is -4.22. The van der Waals surface area contributed by atoms with Gasteiger partial charge in [-0.2, -0.15) is 13.2 Å². The Kier molecular flexibility index (Phi) is 38.6. The molecule has 0 N–H and O–H groups in total. The number of aromatic nitrogens is 5. The van der Waals surface area contributed by atoms with Crippen molar-refractivity contribution in [3.05, 3.63) is 351 Å². The lowest BCUT2D eigenvalue weighted by Crippen LogP contribution is -2.28. The van der Waals surface area contributed by atoms with Crippen molar-refractivity contribution >= 4 is 12.4 Å². The summed E-state index contributed by atoms with van der Waals surface area (Å²) in [7, 11) is -0.151. The molecule has 0 atom stereocenters. The molecular formula is C77H82F11N6O2P. The summed E-state index contributed by atoms with van der Waals surface area (Å²) >= 11 is 0. The lowest BCUT2D eigenvalue weighted by Gasteiger charge is -2.26. The minimum Gasteiger partial charge on any atom is -0.478 e. The molecule has 1 aliphatic rings. The fourth-order valence-corrected chi connectivity index (χ4v) is 7.95. The van der Waals surface area contributed by atoms with Crippen molar-refractivity contribution in [2.45, 2.75) is 82.0 Å². The number of alkyl halides is 3.